The number of benzene rings is 1. The molecule has 0 fully saturated rings. The van der Waals surface area contributed by atoms with Gasteiger partial charge in [0, 0.05) is 17.6 Å². The highest BCUT2D eigenvalue weighted by molar-refractivity contribution is 5.76. The molecule has 1 aromatic carbocycles. The van der Waals surface area contributed by atoms with E-state index in [1.807, 2.05) is 24.3 Å². The SMILES string of the molecule is [c]1cnc2ccc[c]c2c1. The second-order valence-electron chi connectivity index (χ2n) is 2.04. The molecule has 0 aliphatic rings. The van der Waals surface area contributed by atoms with Crippen LogP contribution in [0.3, 0.4) is 0 Å². The van der Waals surface area contributed by atoms with Gasteiger partial charge in [-0.05, 0) is 18.2 Å². The van der Waals surface area contributed by atoms with Gasteiger partial charge in [-0.2, -0.15) is 0 Å². The van der Waals surface area contributed by atoms with Crippen LogP contribution in [0.4, 0.5) is 0 Å². The van der Waals surface area contributed by atoms with Crippen molar-refractivity contribution in [3.8, 4) is 0 Å². The number of fused-ring (bicyclic) bond motifs is 1. The molecule has 1 heterocycles. The van der Waals surface area contributed by atoms with Gasteiger partial charge < -0.3 is 0 Å². The number of hydrogen-bond donors (Lipinski definition) is 0. The lowest BCUT2D eigenvalue weighted by atomic mass is 10.2. The fourth-order valence-corrected chi connectivity index (χ4v) is 0.896. The Bertz CT molecular complexity index is 276. The standard InChI is InChI=1S/C9H5N/c1-2-6-9-8(4-1)5-3-7-10-9/h1-2,5-7H. The van der Waals surface area contributed by atoms with E-state index < -0.39 is 0 Å². The van der Waals surface area contributed by atoms with Gasteiger partial charge in [0.05, 0.1) is 5.52 Å². The van der Waals surface area contributed by atoms with Crippen molar-refractivity contribution in [3.05, 3.63) is 42.6 Å². The molecule has 0 atom stereocenters. The van der Waals surface area contributed by atoms with Crippen LogP contribution >= 0.6 is 0 Å². The molecule has 0 saturated carbocycles. The first-order chi connectivity index (χ1) is 4.97. The monoisotopic (exact) mass is 127 g/mol. The zero-order valence-electron chi connectivity index (χ0n) is 5.33. The quantitative estimate of drug-likeness (QED) is 0.526. The van der Waals surface area contributed by atoms with Crippen LogP contribution in [0.1, 0.15) is 0 Å². The van der Waals surface area contributed by atoms with E-state index in [4.69, 9.17) is 0 Å². The first-order valence-electron chi connectivity index (χ1n) is 3.09. The van der Waals surface area contributed by atoms with Crippen LogP contribution in [-0.4, -0.2) is 4.98 Å². The van der Waals surface area contributed by atoms with Gasteiger partial charge in [-0.25, -0.2) is 0 Å². The normalized spacial score (nSPS) is 10.0. The summed E-state index contributed by atoms with van der Waals surface area (Å²) in [7, 11) is 0. The molecule has 0 bridgehead atoms. The van der Waals surface area contributed by atoms with E-state index >= 15 is 0 Å². The van der Waals surface area contributed by atoms with Gasteiger partial charge >= 0.3 is 0 Å². The zero-order chi connectivity index (χ0) is 6.81. The lowest BCUT2D eigenvalue weighted by Gasteiger charge is -1.90. The number of aromatic nitrogens is 1. The third-order valence-electron chi connectivity index (χ3n) is 1.37. The molecule has 1 heteroatoms. The molecule has 46 valence electrons. The predicted octanol–water partition coefficient (Wildman–Crippen LogP) is 1.84. The summed E-state index contributed by atoms with van der Waals surface area (Å²) in [6, 6.07) is 13.6. The molecule has 0 amide bonds. The van der Waals surface area contributed by atoms with Gasteiger partial charge in [-0.1, -0.05) is 12.1 Å². The van der Waals surface area contributed by atoms with E-state index in [1.165, 1.54) is 0 Å². The minimum Gasteiger partial charge on any atom is -0.256 e. The second-order valence-corrected chi connectivity index (χ2v) is 2.04. The van der Waals surface area contributed by atoms with Crippen LogP contribution in [0.2, 0.25) is 0 Å². The van der Waals surface area contributed by atoms with Crippen molar-refractivity contribution in [2.75, 3.05) is 0 Å². The molecule has 2 aromatic rings. The van der Waals surface area contributed by atoms with Gasteiger partial charge in [0.2, 0.25) is 0 Å². The molecule has 1 nitrogen and oxygen atoms in total. The highest BCUT2D eigenvalue weighted by Gasteiger charge is 1.87. The van der Waals surface area contributed by atoms with E-state index in [0.29, 0.717) is 0 Å². The molecule has 0 N–H and O–H groups in total. The van der Waals surface area contributed by atoms with Crippen molar-refractivity contribution in [2.45, 2.75) is 0 Å². The average molecular weight is 127 g/mol. The Kier molecular flexibility index (Phi) is 1.14. The number of hydrogen-bond acceptors (Lipinski definition) is 1. The molecule has 0 saturated heterocycles. The zero-order valence-corrected chi connectivity index (χ0v) is 5.33. The Balaban J connectivity index is 2.89. The first kappa shape index (κ1) is 5.42. The van der Waals surface area contributed by atoms with Gasteiger partial charge in [-0.15, -0.1) is 0 Å². The Morgan fingerprint density at radius 2 is 2.40 bits per heavy atom. The van der Waals surface area contributed by atoms with Gasteiger partial charge in [0.1, 0.15) is 0 Å². The molecular formula is C9H5N. The first-order valence-corrected chi connectivity index (χ1v) is 3.09. The highest BCUT2D eigenvalue weighted by atomic mass is 14.6. The van der Waals surface area contributed by atoms with Crippen LogP contribution in [0.15, 0.2) is 30.5 Å². The van der Waals surface area contributed by atoms with Crippen LogP contribution in [0.5, 0.6) is 0 Å². The maximum atomic E-state index is 4.09. The largest absolute Gasteiger partial charge is 0.256 e. The smallest absolute Gasteiger partial charge is 0.0708 e. The summed E-state index contributed by atoms with van der Waals surface area (Å²) in [5.74, 6) is 0. The fourth-order valence-electron chi connectivity index (χ4n) is 0.896. The van der Waals surface area contributed by atoms with Crippen molar-refractivity contribution < 1.29 is 0 Å². The van der Waals surface area contributed by atoms with Crippen molar-refractivity contribution in [1.29, 1.82) is 0 Å². The molecular weight excluding hydrogens is 122 g/mol. The Labute approximate surface area is 59.3 Å². The molecule has 0 aliphatic carbocycles. The molecule has 2 radical (unpaired) electrons. The summed E-state index contributed by atoms with van der Waals surface area (Å²) in [5, 5.41) is 1.02. The minimum atomic E-state index is 0.973. The summed E-state index contributed by atoms with van der Waals surface area (Å²) in [6.07, 6.45) is 1.66. The van der Waals surface area contributed by atoms with E-state index in [0.717, 1.165) is 10.9 Å². The fraction of sp³-hybridized carbons (Fsp3) is 0. The summed E-state index contributed by atoms with van der Waals surface area (Å²) in [4.78, 5) is 4.09. The molecule has 1 aromatic heterocycles. The summed E-state index contributed by atoms with van der Waals surface area (Å²) >= 11 is 0. The van der Waals surface area contributed by atoms with E-state index in [2.05, 4.69) is 17.1 Å². The van der Waals surface area contributed by atoms with Crippen LogP contribution in [0, 0.1) is 12.1 Å². The van der Waals surface area contributed by atoms with E-state index in [9.17, 15) is 0 Å². The summed E-state index contributed by atoms with van der Waals surface area (Å²) < 4.78 is 0. The van der Waals surface area contributed by atoms with Crippen molar-refractivity contribution in [1.82, 2.24) is 4.98 Å². The topological polar surface area (TPSA) is 12.9 Å². The van der Waals surface area contributed by atoms with Gasteiger partial charge in [0.15, 0.2) is 0 Å². The van der Waals surface area contributed by atoms with Crippen molar-refractivity contribution in [2.24, 2.45) is 0 Å². The summed E-state index contributed by atoms with van der Waals surface area (Å²) in [5.41, 5.74) is 0.973. The Hall–Kier alpha value is -1.37. The molecule has 10 heavy (non-hydrogen) atoms. The minimum absolute atomic E-state index is 0.973. The molecule has 0 unspecified atom stereocenters. The molecule has 0 aliphatic heterocycles. The average Bonchev–Trinajstić information content (AvgIpc) is 2.05. The van der Waals surface area contributed by atoms with E-state index in [1.54, 1.807) is 6.20 Å². The maximum absolute atomic E-state index is 4.09. The van der Waals surface area contributed by atoms with Crippen LogP contribution in [-0.2, 0) is 0 Å². The number of pyridine rings is 1. The highest BCUT2D eigenvalue weighted by Crippen LogP contribution is 2.06. The second kappa shape index (κ2) is 2.10. The maximum Gasteiger partial charge on any atom is 0.0708 e. The number of rotatable bonds is 0. The molecule has 0 spiro atoms. The van der Waals surface area contributed by atoms with Crippen molar-refractivity contribution in [3.63, 3.8) is 0 Å². The Morgan fingerprint density at radius 1 is 1.40 bits per heavy atom. The van der Waals surface area contributed by atoms with Crippen LogP contribution in [0.25, 0.3) is 10.9 Å². The van der Waals surface area contributed by atoms with E-state index in [-0.39, 0.29) is 0 Å². The Morgan fingerprint density at radius 3 is 3.30 bits per heavy atom. The summed E-state index contributed by atoms with van der Waals surface area (Å²) in [6.45, 7) is 0. The third-order valence-corrected chi connectivity index (χ3v) is 1.37. The molecule has 2 rings (SSSR count). The third kappa shape index (κ3) is 0.760. The van der Waals surface area contributed by atoms with Crippen molar-refractivity contribution >= 4 is 10.9 Å². The van der Waals surface area contributed by atoms with Crippen LogP contribution < -0.4 is 0 Å². The lowest BCUT2D eigenvalue weighted by Crippen LogP contribution is -1.74. The lowest BCUT2D eigenvalue weighted by molar-refractivity contribution is 1.41. The van der Waals surface area contributed by atoms with Gasteiger partial charge in [-0.3, -0.25) is 4.98 Å². The predicted molar refractivity (Wildman–Crippen MR) is 39.4 cm³/mol. The van der Waals surface area contributed by atoms with Gasteiger partial charge in [0.25, 0.3) is 0 Å². The number of nitrogens with zero attached hydrogens (tertiary/aromatic N) is 1.